The quantitative estimate of drug-likeness (QED) is 0.101. The van der Waals surface area contributed by atoms with Gasteiger partial charge in [0.25, 0.3) is 11.2 Å². The molecule has 0 saturated carbocycles. The van der Waals surface area contributed by atoms with Crippen LogP contribution in [0.15, 0.2) is 142 Å². The molecule has 0 aliphatic carbocycles. The molecular formula is C39H30N4O5S. The first kappa shape index (κ1) is 31.5. The number of fused-ring (bicyclic) bond motifs is 1. The summed E-state index contributed by atoms with van der Waals surface area (Å²) >= 11 is 1.26. The molecule has 9 nitrogen and oxygen atoms in total. The maximum absolute atomic E-state index is 14.5. The predicted molar refractivity (Wildman–Crippen MR) is 190 cm³/mol. The number of ether oxygens (including phenoxy) is 1. The number of allylic oxidation sites excluding steroid dienone is 1. The summed E-state index contributed by atoms with van der Waals surface area (Å²) in [6, 6.07) is 36.9. The van der Waals surface area contributed by atoms with E-state index in [0.29, 0.717) is 20.6 Å². The summed E-state index contributed by atoms with van der Waals surface area (Å²) in [7, 11) is 0. The molecule has 0 fully saturated rings. The van der Waals surface area contributed by atoms with Crippen LogP contribution in [0.25, 0.3) is 34.3 Å². The largest absolute Gasteiger partial charge is 0.463 e. The van der Waals surface area contributed by atoms with Gasteiger partial charge in [0.15, 0.2) is 4.80 Å². The van der Waals surface area contributed by atoms with Gasteiger partial charge < -0.3 is 9.30 Å². The Morgan fingerprint density at radius 2 is 1.53 bits per heavy atom. The minimum atomic E-state index is -0.711. The van der Waals surface area contributed by atoms with Gasteiger partial charge >= 0.3 is 5.97 Å². The number of nitro benzene ring substituents is 1. The highest BCUT2D eigenvalue weighted by Gasteiger charge is 2.33. The van der Waals surface area contributed by atoms with Crippen molar-refractivity contribution in [3.63, 3.8) is 0 Å². The lowest BCUT2D eigenvalue weighted by Gasteiger charge is -2.24. The maximum atomic E-state index is 14.5. The third-order valence-corrected chi connectivity index (χ3v) is 9.37. The molecule has 0 radical (unpaired) electrons. The fraction of sp³-hybridized carbons (Fsp3) is 0.103. The minimum Gasteiger partial charge on any atom is -0.463 e. The van der Waals surface area contributed by atoms with Crippen LogP contribution >= 0.6 is 11.3 Å². The zero-order chi connectivity index (χ0) is 34.1. The average Bonchev–Trinajstić information content (AvgIpc) is 3.65. The van der Waals surface area contributed by atoms with E-state index in [-0.39, 0.29) is 17.9 Å². The molecular weight excluding hydrogens is 637 g/mol. The number of benzene rings is 4. The van der Waals surface area contributed by atoms with Gasteiger partial charge in [0.2, 0.25) is 0 Å². The molecule has 7 rings (SSSR count). The zero-order valence-electron chi connectivity index (χ0n) is 26.6. The smallest absolute Gasteiger partial charge is 0.338 e. The van der Waals surface area contributed by atoms with Gasteiger partial charge in [-0.2, -0.15) is 0 Å². The molecule has 4 aromatic carbocycles. The molecule has 0 saturated heterocycles. The summed E-state index contributed by atoms with van der Waals surface area (Å²) in [5.74, 6) is -0.508. The van der Waals surface area contributed by atoms with Gasteiger partial charge in [0, 0.05) is 23.4 Å². The third kappa shape index (κ3) is 5.83. The van der Waals surface area contributed by atoms with Gasteiger partial charge in [-0.05, 0) is 54.8 Å². The maximum Gasteiger partial charge on any atom is 0.338 e. The lowest BCUT2D eigenvalue weighted by molar-refractivity contribution is -0.384. The number of nitrogens with zero attached hydrogens (tertiary/aromatic N) is 4. The Balaban J connectivity index is 1.50. The van der Waals surface area contributed by atoms with Gasteiger partial charge in [-0.1, -0.05) is 102 Å². The van der Waals surface area contributed by atoms with Crippen LogP contribution in [-0.2, 0) is 9.53 Å². The number of esters is 1. The van der Waals surface area contributed by atoms with Crippen molar-refractivity contribution >= 4 is 29.1 Å². The van der Waals surface area contributed by atoms with Crippen molar-refractivity contribution in [3.8, 4) is 28.2 Å². The molecule has 10 heteroatoms. The Morgan fingerprint density at radius 1 is 0.918 bits per heavy atom. The molecule has 2 aromatic heterocycles. The number of hydrogen-bond donors (Lipinski definition) is 0. The predicted octanol–water partition coefficient (Wildman–Crippen LogP) is 6.83. The van der Waals surface area contributed by atoms with E-state index in [1.807, 2.05) is 103 Å². The summed E-state index contributed by atoms with van der Waals surface area (Å²) in [5.41, 5.74) is 6.27. The van der Waals surface area contributed by atoms with Crippen molar-refractivity contribution in [2.45, 2.75) is 19.9 Å². The summed E-state index contributed by atoms with van der Waals surface area (Å²) in [4.78, 5) is 44.0. The van der Waals surface area contributed by atoms with Gasteiger partial charge in [-0.3, -0.25) is 19.5 Å². The second-order valence-electron chi connectivity index (χ2n) is 11.4. The first-order chi connectivity index (χ1) is 23.9. The number of non-ortho nitro benzene ring substituents is 1. The highest BCUT2D eigenvalue weighted by molar-refractivity contribution is 7.07. The molecule has 242 valence electrons. The molecule has 1 atom stereocenters. The standard InChI is InChI=1S/C39H30N4O5S/c1-3-48-38(45)34-25(2)40-39-42(36(34)28-17-11-6-12-18-28)37(44)33(49-39)24-29-23-32(26-13-7-4-8-14-26)41(35(29)27-15-9-5-10-16-27)30-19-21-31(22-20-30)43(46)47/h4-24,36H,3H2,1-2H3/b33-24-/t36-/m1/s1. The number of nitro groups is 1. The lowest BCUT2D eigenvalue weighted by atomic mass is 9.96. The summed E-state index contributed by atoms with van der Waals surface area (Å²) in [5, 5.41) is 11.5. The molecule has 0 amide bonds. The van der Waals surface area contributed by atoms with Crippen molar-refractivity contribution in [2.24, 2.45) is 4.99 Å². The molecule has 1 aliphatic rings. The molecule has 3 heterocycles. The first-order valence-electron chi connectivity index (χ1n) is 15.7. The highest BCUT2D eigenvalue weighted by Crippen LogP contribution is 2.37. The van der Waals surface area contributed by atoms with Crippen molar-refractivity contribution in [2.75, 3.05) is 6.61 Å². The fourth-order valence-corrected chi connectivity index (χ4v) is 7.27. The number of hydrogen-bond acceptors (Lipinski definition) is 7. The van der Waals surface area contributed by atoms with Crippen LogP contribution in [0.5, 0.6) is 0 Å². The van der Waals surface area contributed by atoms with E-state index in [0.717, 1.165) is 39.3 Å². The summed E-state index contributed by atoms with van der Waals surface area (Å²) < 4.78 is 9.51. The second-order valence-corrected chi connectivity index (χ2v) is 12.4. The molecule has 0 unspecified atom stereocenters. The highest BCUT2D eigenvalue weighted by atomic mass is 32.1. The summed E-state index contributed by atoms with van der Waals surface area (Å²) in [6.45, 7) is 3.71. The SMILES string of the molecule is CCOC(=O)C1=C(C)N=c2s/c(=C\c3cc(-c4ccccc4)n(-c4ccc([N+](=O)[O-])cc4)c3-c3ccccc3)c(=O)n2[C@@H]1c1ccccc1. The van der Waals surface area contributed by atoms with Crippen molar-refractivity contribution in [3.05, 3.63) is 174 Å². The van der Waals surface area contributed by atoms with Crippen LogP contribution in [0.2, 0.25) is 0 Å². The van der Waals surface area contributed by atoms with Crippen LogP contribution in [-0.4, -0.2) is 26.6 Å². The van der Waals surface area contributed by atoms with E-state index in [9.17, 15) is 19.7 Å². The van der Waals surface area contributed by atoms with Gasteiger partial charge in [0.05, 0.1) is 44.8 Å². The topological polar surface area (TPSA) is 109 Å². The Kier molecular flexibility index (Phi) is 8.46. The number of aromatic nitrogens is 2. The number of rotatable bonds is 8. The molecule has 1 aliphatic heterocycles. The van der Waals surface area contributed by atoms with E-state index in [1.165, 1.54) is 23.5 Å². The van der Waals surface area contributed by atoms with E-state index < -0.39 is 16.9 Å². The lowest BCUT2D eigenvalue weighted by Crippen LogP contribution is -2.39. The van der Waals surface area contributed by atoms with E-state index in [4.69, 9.17) is 9.73 Å². The Bertz CT molecular complexity index is 2410. The van der Waals surface area contributed by atoms with Crippen LogP contribution in [0.3, 0.4) is 0 Å². The van der Waals surface area contributed by atoms with Crippen LogP contribution < -0.4 is 14.9 Å². The minimum absolute atomic E-state index is 0.00906. The van der Waals surface area contributed by atoms with Gasteiger partial charge in [-0.15, -0.1) is 0 Å². The fourth-order valence-electron chi connectivity index (χ4n) is 6.23. The van der Waals surface area contributed by atoms with Crippen molar-refractivity contribution in [1.29, 1.82) is 0 Å². The van der Waals surface area contributed by atoms with Crippen LogP contribution in [0.1, 0.15) is 31.0 Å². The van der Waals surface area contributed by atoms with Crippen molar-refractivity contribution in [1.82, 2.24) is 9.13 Å². The van der Waals surface area contributed by atoms with E-state index in [1.54, 1.807) is 30.5 Å². The first-order valence-corrected chi connectivity index (χ1v) is 16.5. The molecule has 0 bridgehead atoms. The normalized spacial score (nSPS) is 14.3. The Morgan fingerprint density at radius 3 is 2.14 bits per heavy atom. The van der Waals surface area contributed by atoms with Crippen LogP contribution in [0.4, 0.5) is 5.69 Å². The molecule has 49 heavy (non-hydrogen) atoms. The number of carbonyl (C=O) groups is 1. The zero-order valence-corrected chi connectivity index (χ0v) is 27.5. The number of thiazole rings is 1. The third-order valence-electron chi connectivity index (χ3n) is 8.38. The Hall–Kier alpha value is -6.13. The second kappa shape index (κ2) is 13.2. The molecule has 0 N–H and O–H groups in total. The van der Waals surface area contributed by atoms with Gasteiger partial charge in [-0.25, -0.2) is 9.79 Å². The van der Waals surface area contributed by atoms with E-state index in [2.05, 4.69) is 4.57 Å². The van der Waals surface area contributed by atoms with Gasteiger partial charge in [0.1, 0.15) is 0 Å². The van der Waals surface area contributed by atoms with E-state index >= 15 is 0 Å². The van der Waals surface area contributed by atoms with Crippen molar-refractivity contribution < 1.29 is 14.5 Å². The summed E-state index contributed by atoms with van der Waals surface area (Å²) in [6.07, 6.45) is 1.87. The molecule has 0 spiro atoms. The molecule has 6 aromatic rings. The van der Waals surface area contributed by atoms with Crippen LogP contribution in [0, 0.1) is 10.1 Å². The average molecular weight is 667 g/mol. The Labute approximate surface area is 285 Å². The number of carbonyl (C=O) groups excluding carboxylic acids is 1. The monoisotopic (exact) mass is 666 g/mol.